The molecule has 0 unspecified atom stereocenters. The van der Waals surface area contributed by atoms with Gasteiger partial charge in [-0.05, 0) is 42.5 Å². The normalized spacial score (nSPS) is 15.3. The lowest BCUT2D eigenvalue weighted by molar-refractivity contribution is -0.122. The molecule has 3 aromatic rings. The van der Waals surface area contributed by atoms with Gasteiger partial charge in [0, 0.05) is 5.02 Å². The lowest BCUT2D eigenvalue weighted by Gasteiger charge is -2.34. The largest absolute Gasteiger partial charge is 0.476 e. The Morgan fingerprint density at radius 1 is 1.15 bits per heavy atom. The number of nitrogens with one attached hydrogen (secondary N) is 2. The Kier molecular flexibility index (Phi) is 6.30. The number of carbonyl (C=O) groups is 2. The van der Waals surface area contributed by atoms with Gasteiger partial charge in [-0.2, -0.15) is 0 Å². The molecule has 0 spiro atoms. The number of benzene rings is 2. The summed E-state index contributed by atoms with van der Waals surface area (Å²) in [5.74, 6) is -0.221. The van der Waals surface area contributed by atoms with E-state index in [2.05, 4.69) is 10.6 Å². The van der Waals surface area contributed by atoms with Crippen LogP contribution >= 0.6 is 11.6 Å². The van der Waals surface area contributed by atoms with Gasteiger partial charge >= 0.3 is 0 Å². The first-order valence-corrected chi connectivity index (χ1v) is 12.1. The third kappa shape index (κ3) is 5.12. The van der Waals surface area contributed by atoms with E-state index in [4.69, 9.17) is 20.8 Å². The van der Waals surface area contributed by atoms with Crippen LogP contribution in [0.5, 0.6) is 5.75 Å². The van der Waals surface area contributed by atoms with Crippen LogP contribution < -0.4 is 19.7 Å². The van der Waals surface area contributed by atoms with Gasteiger partial charge in [0.25, 0.3) is 11.8 Å². The van der Waals surface area contributed by atoms with Crippen LogP contribution in [0.2, 0.25) is 5.02 Å². The number of halogens is 1. The SMILES string of the molecule is CS(=O)(=O)N1C[C@H](C(=O)Nc2ccccc2C(=O)NCc2ccco2)Oc2ccc(Cl)cc21. The second-order valence-electron chi connectivity index (χ2n) is 7.31. The molecule has 11 heteroatoms. The predicted molar refractivity (Wildman–Crippen MR) is 123 cm³/mol. The Morgan fingerprint density at radius 2 is 1.94 bits per heavy atom. The Hall–Kier alpha value is -3.50. The molecule has 0 radical (unpaired) electrons. The van der Waals surface area contributed by atoms with Gasteiger partial charge in [0.05, 0.1) is 42.5 Å². The molecule has 0 saturated heterocycles. The highest BCUT2D eigenvalue weighted by Gasteiger charge is 2.35. The first-order chi connectivity index (χ1) is 15.7. The Morgan fingerprint density at radius 3 is 2.67 bits per heavy atom. The number of hydrogen-bond acceptors (Lipinski definition) is 6. The average molecular weight is 490 g/mol. The minimum atomic E-state index is -3.70. The number of furan rings is 1. The highest BCUT2D eigenvalue weighted by atomic mass is 35.5. The summed E-state index contributed by atoms with van der Waals surface area (Å²) in [5.41, 5.74) is 0.753. The third-order valence-electron chi connectivity index (χ3n) is 4.92. The van der Waals surface area contributed by atoms with Crippen LogP contribution in [0.25, 0.3) is 0 Å². The molecule has 1 aromatic heterocycles. The summed E-state index contributed by atoms with van der Waals surface area (Å²) in [6.45, 7) is -0.0621. The number of para-hydroxylation sites is 1. The van der Waals surface area contributed by atoms with Gasteiger partial charge in [0.2, 0.25) is 10.0 Å². The van der Waals surface area contributed by atoms with Crippen molar-refractivity contribution in [3.63, 3.8) is 0 Å². The fraction of sp³-hybridized carbons (Fsp3) is 0.182. The maximum absolute atomic E-state index is 13.0. The monoisotopic (exact) mass is 489 g/mol. The van der Waals surface area contributed by atoms with Crippen molar-refractivity contribution in [2.24, 2.45) is 0 Å². The molecule has 2 amide bonds. The van der Waals surface area contributed by atoms with Crippen LogP contribution in [-0.2, 0) is 21.4 Å². The number of ether oxygens (including phenoxy) is 1. The summed E-state index contributed by atoms with van der Waals surface area (Å²) in [6, 6.07) is 14.4. The lowest BCUT2D eigenvalue weighted by atomic mass is 10.1. The van der Waals surface area contributed by atoms with Crippen LogP contribution in [0.1, 0.15) is 16.1 Å². The zero-order valence-electron chi connectivity index (χ0n) is 17.4. The summed E-state index contributed by atoms with van der Waals surface area (Å²) in [5, 5.41) is 5.73. The summed E-state index contributed by atoms with van der Waals surface area (Å²) < 4.78 is 36.7. The van der Waals surface area contributed by atoms with Crippen molar-refractivity contribution < 1.29 is 27.2 Å². The number of amides is 2. The molecule has 9 nitrogen and oxygen atoms in total. The first-order valence-electron chi connectivity index (χ1n) is 9.87. The number of sulfonamides is 1. The molecule has 0 bridgehead atoms. The van der Waals surface area contributed by atoms with Crippen LogP contribution in [0.3, 0.4) is 0 Å². The fourth-order valence-electron chi connectivity index (χ4n) is 3.35. The highest BCUT2D eigenvalue weighted by Crippen LogP contribution is 2.37. The Bertz CT molecular complexity index is 1290. The Labute approximate surface area is 195 Å². The topological polar surface area (TPSA) is 118 Å². The van der Waals surface area contributed by atoms with Crippen molar-refractivity contribution >= 4 is 44.8 Å². The van der Waals surface area contributed by atoms with Gasteiger partial charge in [-0.1, -0.05) is 23.7 Å². The summed E-state index contributed by atoms with van der Waals surface area (Å²) in [7, 11) is -3.70. The molecule has 1 aliphatic heterocycles. The van der Waals surface area contributed by atoms with E-state index in [1.165, 1.54) is 18.4 Å². The molecule has 4 rings (SSSR count). The van der Waals surface area contributed by atoms with E-state index in [0.717, 1.165) is 10.6 Å². The molecule has 1 atom stereocenters. The first kappa shape index (κ1) is 22.7. The Balaban J connectivity index is 1.53. The van der Waals surface area contributed by atoms with Gasteiger partial charge in [0.15, 0.2) is 6.10 Å². The highest BCUT2D eigenvalue weighted by molar-refractivity contribution is 7.92. The van der Waals surface area contributed by atoms with Crippen LogP contribution in [0.4, 0.5) is 11.4 Å². The van der Waals surface area contributed by atoms with Crippen LogP contribution in [0, 0.1) is 0 Å². The summed E-state index contributed by atoms with van der Waals surface area (Å²) in [6.07, 6.45) is 1.40. The second kappa shape index (κ2) is 9.16. The molecule has 2 N–H and O–H groups in total. The standard InChI is InChI=1S/C22H20ClN3O6S/c1-33(29,30)26-13-20(32-19-9-8-14(23)11-18(19)26)22(28)25-17-7-3-2-6-16(17)21(27)24-12-15-5-4-10-31-15/h2-11,20H,12-13H2,1H3,(H,24,27)(H,25,28)/t20-/m1/s1. The number of carbonyl (C=O) groups excluding carboxylic acids is 2. The molecule has 2 aromatic carbocycles. The maximum Gasteiger partial charge on any atom is 0.267 e. The quantitative estimate of drug-likeness (QED) is 0.549. The molecule has 1 aliphatic rings. The summed E-state index contributed by atoms with van der Waals surface area (Å²) >= 11 is 6.00. The van der Waals surface area contributed by atoms with Gasteiger partial charge in [-0.25, -0.2) is 8.42 Å². The fourth-order valence-corrected chi connectivity index (χ4v) is 4.43. The van der Waals surface area contributed by atoms with E-state index < -0.39 is 27.9 Å². The van der Waals surface area contributed by atoms with Crippen molar-refractivity contribution in [1.29, 1.82) is 0 Å². The molecular formula is C22H20ClN3O6S. The molecule has 0 fully saturated rings. The van der Waals surface area contributed by atoms with Crippen LogP contribution in [-0.4, -0.2) is 39.1 Å². The minimum absolute atomic E-state index is 0.183. The number of nitrogens with zero attached hydrogens (tertiary/aromatic N) is 1. The van der Waals surface area contributed by atoms with Gasteiger partial charge in [-0.3, -0.25) is 13.9 Å². The van der Waals surface area contributed by atoms with Gasteiger partial charge in [-0.15, -0.1) is 0 Å². The number of rotatable bonds is 6. The van der Waals surface area contributed by atoms with Crippen molar-refractivity contribution in [3.8, 4) is 5.75 Å². The van der Waals surface area contributed by atoms with Crippen molar-refractivity contribution in [1.82, 2.24) is 5.32 Å². The van der Waals surface area contributed by atoms with Crippen molar-refractivity contribution in [2.45, 2.75) is 12.6 Å². The predicted octanol–water partition coefficient (Wildman–Crippen LogP) is 3.03. The molecular weight excluding hydrogens is 470 g/mol. The van der Waals surface area contributed by atoms with Gasteiger partial charge in [0.1, 0.15) is 11.5 Å². The summed E-state index contributed by atoms with van der Waals surface area (Å²) in [4.78, 5) is 25.7. The zero-order valence-corrected chi connectivity index (χ0v) is 19.0. The van der Waals surface area contributed by atoms with E-state index in [1.54, 1.807) is 42.5 Å². The van der Waals surface area contributed by atoms with E-state index in [0.29, 0.717) is 10.8 Å². The van der Waals surface area contributed by atoms with E-state index in [1.807, 2.05) is 0 Å². The van der Waals surface area contributed by atoms with Crippen LogP contribution in [0.15, 0.2) is 65.3 Å². The van der Waals surface area contributed by atoms with Crippen molar-refractivity contribution in [3.05, 3.63) is 77.2 Å². The molecule has 2 heterocycles. The third-order valence-corrected chi connectivity index (χ3v) is 6.30. The molecule has 33 heavy (non-hydrogen) atoms. The average Bonchev–Trinajstić information content (AvgIpc) is 3.30. The van der Waals surface area contributed by atoms with Crippen molar-refractivity contribution in [2.75, 3.05) is 22.4 Å². The van der Waals surface area contributed by atoms with E-state index >= 15 is 0 Å². The number of anilines is 2. The van der Waals surface area contributed by atoms with E-state index in [9.17, 15) is 18.0 Å². The minimum Gasteiger partial charge on any atom is -0.476 e. The van der Waals surface area contributed by atoms with Gasteiger partial charge < -0.3 is 19.8 Å². The second-order valence-corrected chi connectivity index (χ2v) is 9.65. The lowest BCUT2D eigenvalue weighted by Crippen LogP contribution is -2.48. The maximum atomic E-state index is 13.0. The molecule has 0 aliphatic carbocycles. The molecule has 0 saturated carbocycles. The number of hydrogen-bond donors (Lipinski definition) is 2. The zero-order chi connectivity index (χ0) is 23.6. The smallest absolute Gasteiger partial charge is 0.267 e. The number of fused-ring (bicyclic) bond motifs is 1. The molecule has 172 valence electrons. The van der Waals surface area contributed by atoms with E-state index in [-0.39, 0.29) is 35.8 Å².